The number of ketones is 1. The molecule has 0 radical (unpaired) electrons. The number of rotatable bonds is 10. The third kappa shape index (κ3) is 8.07. The quantitative estimate of drug-likeness (QED) is 0.128. The number of Topliss-reactive ketones (excluding diaryl/α,β-unsaturated/α-hetero) is 1. The molecular formula is C31H25ClN2O4S. The minimum absolute atomic E-state index is 0.0117. The summed E-state index contributed by atoms with van der Waals surface area (Å²) in [5, 5.41) is 6.10. The maximum atomic E-state index is 13.2. The van der Waals surface area contributed by atoms with Crippen molar-refractivity contribution in [3.05, 3.63) is 131 Å². The van der Waals surface area contributed by atoms with Gasteiger partial charge in [-0.1, -0.05) is 54.1 Å². The molecule has 0 bridgehead atoms. The molecule has 4 aromatic carbocycles. The van der Waals surface area contributed by atoms with Gasteiger partial charge < -0.3 is 15.4 Å². The van der Waals surface area contributed by atoms with E-state index < -0.39 is 11.8 Å². The van der Waals surface area contributed by atoms with Crippen LogP contribution in [0.5, 0.6) is 5.75 Å². The van der Waals surface area contributed by atoms with Gasteiger partial charge in [-0.25, -0.2) is 0 Å². The lowest BCUT2D eigenvalue weighted by Gasteiger charge is -2.12. The van der Waals surface area contributed by atoms with Crippen LogP contribution in [0.1, 0.15) is 26.3 Å². The molecule has 0 spiro atoms. The minimum Gasteiger partial charge on any atom is -0.497 e. The molecule has 0 fully saturated rings. The van der Waals surface area contributed by atoms with E-state index in [0.29, 0.717) is 33.1 Å². The van der Waals surface area contributed by atoms with Gasteiger partial charge in [-0.05, 0) is 72.3 Å². The number of halogens is 1. The molecule has 4 rings (SSSR count). The standard InChI is InChI=1S/C31H25ClN2O4S/c1-38-26-9-5-8-23(19-26)29(35)20-39-27-16-14-25(15-17-27)33-31(37)28(18-21-10-12-24(32)13-11-21)34-30(36)22-6-3-2-4-7-22/h2-19H,20H2,1H3,(H,33,37)(H,34,36)/b28-18-. The van der Waals surface area contributed by atoms with E-state index in [1.165, 1.54) is 11.8 Å². The number of amides is 2. The number of benzene rings is 4. The van der Waals surface area contributed by atoms with Gasteiger partial charge in [0.25, 0.3) is 11.8 Å². The van der Waals surface area contributed by atoms with Gasteiger partial charge in [0.15, 0.2) is 5.78 Å². The third-order valence-corrected chi connectivity index (χ3v) is 6.85. The summed E-state index contributed by atoms with van der Waals surface area (Å²) in [6.45, 7) is 0. The Morgan fingerprint density at radius 3 is 2.23 bits per heavy atom. The topological polar surface area (TPSA) is 84.5 Å². The predicted molar refractivity (Wildman–Crippen MR) is 156 cm³/mol. The van der Waals surface area contributed by atoms with E-state index in [1.807, 2.05) is 18.2 Å². The van der Waals surface area contributed by atoms with Crippen LogP contribution in [-0.2, 0) is 4.79 Å². The Kier molecular flexibility index (Phi) is 9.56. The van der Waals surface area contributed by atoms with E-state index in [2.05, 4.69) is 10.6 Å². The van der Waals surface area contributed by atoms with Gasteiger partial charge in [-0.2, -0.15) is 0 Å². The van der Waals surface area contributed by atoms with Crippen LogP contribution in [-0.4, -0.2) is 30.5 Å². The Labute approximate surface area is 236 Å². The highest BCUT2D eigenvalue weighted by atomic mass is 35.5. The molecule has 0 aliphatic carbocycles. The van der Waals surface area contributed by atoms with Crippen molar-refractivity contribution in [1.29, 1.82) is 0 Å². The van der Waals surface area contributed by atoms with Gasteiger partial charge in [0.05, 0.1) is 12.9 Å². The number of anilines is 1. The highest BCUT2D eigenvalue weighted by Crippen LogP contribution is 2.23. The lowest BCUT2D eigenvalue weighted by atomic mass is 10.1. The molecule has 39 heavy (non-hydrogen) atoms. The molecule has 6 nitrogen and oxygen atoms in total. The number of nitrogens with one attached hydrogen (secondary N) is 2. The van der Waals surface area contributed by atoms with Crippen LogP contribution in [0.15, 0.2) is 114 Å². The molecule has 0 saturated carbocycles. The van der Waals surface area contributed by atoms with Crippen molar-refractivity contribution < 1.29 is 19.1 Å². The Morgan fingerprint density at radius 2 is 1.54 bits per heavy atom. The monoisotopic (exact) mass is 556 g/mol. The molecule has 0 aliphatic heterocycles. The van der Waals surface area contributed by atoms with Crippen LogP contribution in [0.25, 0.3) is 6.08 Å². The Balaban J connectivity index is 1.43. The number of carbonyl (C=O) groups excluding carboxylic acids is 3. The van der Waals surface area contributed by atoms with Crippen molar-refractivity contribution in [1.82, 2.24) is 5.32 Å². The summed E-state index contributed by atoms with van der Waals surface area (Å²) in [6, 6.07) is 29.8. The zero-order valence-electron chi connectivity index (χ0n) is 21.0. The molecule has 0 aromatic heterocycles. The molecule has 0 aliphatic rings. The van der Waals surface area contributed by atoms with E-state index in [9.17, 15) is 14.4 Å². The fourth-order valence-corrected chi connectivity index (χ4v) is 4.45. The van der Waals surface area contributed by atoms with Crippen LogP contribution >= 0.6 is 23.4 Å². The van der Waals surface area contributed by atoms with Gasteiger partial charge >= 0.3 is 0 Å². The first kappa shape index (κ1) is 27.7. The lowest BCUT2D eigenvalue weighted by Crippen LogP contribution is -2.30. The SMILES string of the molecule is COc1cccc(C(=O)CSc2ccc(NC(=O)/C(=C/c3ccc(Cl)cc3)NC(=O)c3ccccc3)cc2)c1. The lowest BCUT2D eigenvalue weighted by molar-refractivity contribution is -0.113. The van der Waals surface area contributed by atoms with Crippen molar-refractivity contribution in [2.24, 2.45) is 0 Å². The van der Waals surface area contributed by atoms with Crippen LogP contribution < -0.4 is 15.4 Å². The van der Waals surface area contributed by atoms with E-state index in [0.717, 1.165) is 4.90 Å². The number of carbonyl (C=O) groups is 3. The normalized spacial score (nSPS) is 11.0. The maximum absolute atomic E-state index is 13.2. The van der Waals surface area contributed by atoms with Crippen molar-refractivity contribution >= 4 is 52.7 Å². The van der Waals surface area contributed by atoms with Gasteiger partial charge in [-0.3, -0.25) is 14.4 Å². The average Bonchev–Trinajstić information content (AvgIpc) is 2.97. The third-order valence-electron chi connectivity index (χ3n) is 5.58. The van der Waals surface area contributed by atoms with Gasteiger partial charge in [0.1, 0.15) is 11.4 Å². The van der Waals surface area contributed by atoms with Gasteiger partial charge in [-0.15, -0.1) is 11.8 Å². The first-order chi connectivity index (χ1) is 18.9. The first-order valence-corrected chi connectivity index (χ1v) is 13.3. The molecule has 8 heteroatoms. The molecular weight excluding hydrogens is 532 g/mol. The number of ether oxygens (including phenoxy) is 1. The predicted octanol–water partition coefficient (Wildman–Crippen LogP) is 6.73. The van der Waals surface area contributed by atoms with Crippen LogP contribution in [0, 0.1) is 0 Å². The van der Waals surface area contributed by atoms with Gasteiger partial charge in [0, 0.05) is 26.7 Å². The molecule has 2 amide bonds. The number of hydrogen-bond donors (Lipinski definition) is 2. The molecule has 0 atom stereocenters. The summed E-state index contributed by atoms with van der Waals surface area (Å²) in [6.07, 6.45) is 1.58. The van der Waals surface area contributed by atoms with Crippen molar-refractivity contribution in [3.8, 4) is 5.75 Å². The number of thioether (sulfide) groups is 1. The highest BCUT2D eigenvalue weighted by Gasteiger charge is 2.15. The van der Waals surface area contributed by atoms with Crippen LogP contribution in [0.2, 0.25) is 5.02 Å². The Morgan fingerprint density at radius 1 is 0.846 bits per heavy atom. The summed E-state index contributed by atoms with van der Waals surface area (Å²) < 4.78 is 5.18. The highest BCUT2D eigenvalue weighted by molar-refractivity contribution is 8.00. The van der Waals surface area contributed by atoms with E-state index in [1.54, 1.807) is 98.1 Å². The molecule has 0 unspecified atom stereocenters. The van der Waals surface area contributed by atoms with Crippen molar-refractivity contribution in [2.45, 2.75) is 4.90 Å². The van der Waals surface area contributed by atoms with E-state index in [-0.39, 0.29) is 17.2 Å². The van der Waals surface area contributed by atoms with Crippen molar-refractivity contribution in [3.63, 3.8) is 0 Å². The first-order valence-electron chi connectivity index (χ1n) is 12.0. The second-order valence-electron chi connectivity index (χ2n) is 8.35. The molecule has 0 saturated heterocycles. The summed E-state index contributed by atoms with van der Waals surface area (Å²) in [7, 11) is 1.56. The Hall–Kier alpha value is -4.33. The number of hydrogen-bond acceptors (Lipinski definition) is 5. The zero-order chi connectivity index (χ0) is 27.6. The zero-order valence-corrected chi connectivity index (χ0v) is 22.6. The average molecular weight is 557 g/mol. The smallest absolute Gasteiger partial charge is 0.272 e. The van der Waals surface area contributed by atoms with Crippen LogP contribution in [0.4, 0.5) is 5.69 Å². The second kappa shape index (κ2) is 13.5. The largest absolute Gasteiger partial charge is 0.497 e. The second-order valence-corrected chi connectivity index (χ2v) is 9.84. The molecule has 196 valence electrons. The fourth-order valence-electron chi connectivity index (χ4n) is 3.53. The summed E-state index contributed by atoms with van der Waals surface area (Å²) >= 11 is 7.38. The molecule has 4 aromatic rings. The van der Waals surface area contributed by atoms with Gasteiger partial charge in [0.2, 0.25) is 0 Å². The summed E-state index contributed by atoms with van der Waals surface area (Å²) in [5.74, 6) is -0.00250. The van der Waals surface area contributed by atoms with Crippen LogP contribution in [0.3, 0.4) is 0 Å². The summed E-state index contributed by atoms with van der Waals surface area (Å²) in [5.41, 5.74) is 2.33. The minimum atomic E-state index is -0.483. The summed E-state index contributed by atoms with van der Waals surface area (Å²) in [4.78, 5) is 39.4. The fraction of sp³-hybridized carbons (Fsp3) is 0.0645. The Bertz CT molecular complexity index is 1490. The molecule has 0 heterocycles. The maximum Gasteiger partial charge on any atom is 0.272 e. The van der Waals surface area contributed by atoms with E-state index in [4.69, 9.17) is 16.3 Å². The molecule has 2 N–H and O–H groups in total. The van der Waals surface area contributed by atoms with Crippen molar-refractivity contribution in [2.75, 3.05) is 18.2 Å². The number of methoxy groups -OCH3 is 1. The van der Waals surface area contributed by atoms with E-state index >= 15 is 0 Å².